The molecule has 0 aromatic heterocycles. The van der Waals surface area contributed by atoms with Gasteiger partial charge >= 0.3 is 0 Å². The zero-order valence-corrected chi connectivity index (χ0v) is 6.58. The topological polar surface area (TPSA) is 0 Å². The van der Waals surface area contributed by atoms with Crippen LogP contribution in [0.15, 0.2) is 22.9 Å². The van der Waals surface area contributed by atoms with Gasteiger partial charge in [0, 0.05) is 4.91 Å². The van der Waals surface area contributed by atoms with Crippen LogP contribution in [0.1, 0.15) is 20.3 Å². The summed E-state index contributed by atoms with van der Waals surface area (Å²) in [7, 11) is 0. The van der Waals surface area contributed by atoms with E-state index in [1.807, 2.05) is 6.92 Å². The summed E-state index contributed by atoms with van der Waals surface area (Å²) < 4.78 is 12.4. The normalized spacial score (nSPS) is 14.2. The molecule has 0 fully saturated rings. The Hall–Kier alpha value is -0.240. The molecule has 0 saturated carbocycles. The van der Waals surface area contributed by atoms with Gasteiger partial charge in [0.25, 0.3) is 0 Å². The average Bonchev–Trinajstić information content (AvgIpc) is 1.82. The van der Waals surface area contributed by atoms with Gasteiger partial charge in [0.15, 0.2) is 0 Å². The first-order chi connectivity index (χ1) is 4.18. The second-order valence-corrected chi connectivity index (χ2v) is 2.41. The van der Waals surface area contributed by atoms with Crippen molar-refractivity contribution in [2.75, 3.05) is 0 Å². The molecule has 0 aliphatic rings. The fourth-order valence-corrected chi connectivity index (χ4v) is 0.416. The molecule has 0 amide bonds. The highest BCUT2D eigenvalue weighted by Gasteiger charge is 1.88. The quantitative estimate of drug-likeness (QED) is 0.449. The van der Waals surface area contributed by atoms with Crippen LogP contribution >= 0.6 is 12.6 Å². The summed E-state index contributed by atoms with van der Waals surface area (Å²) >= 11 is 3.82. The third kappa shape index (κ3) is 4.28. The van der Waals surface area contributed by atoms with E-state index in [0.717, 1.165) is 6.42 Å². The highest BCUT2D eigenvalue weighted by molar-refractivity contribution is 7.84. The molecule has 0 N–H and O–H groups in total. The van der Waals surface area contributed by atoms with Gasteiger partial charge in [-0.25, -0.2) is 4.39 Å². The zero-order valence-electron chi connectivity index (χ0n) is 5.69. The fourth-order valence-electron chi connectivity index (χ4n) is 0.342. The molecule has 0 spiro atoms. The zero-order chi connectivity index (χ0) is 7.28. The van der Waals surface area contributed by atoms with Gasteiger partial charge in [-0.3, -0.25) is 0 Å². The lowest BCUT2D eigenvalue weighted by Gasteiger charge is -1.87. The van der Waals surface area contributed by atoms with Crippen molar-refractivity contribution in [2.24, 2.45) is 0 Å². The van der Waals surface area contributed by atoms with Crippen LogP contribution in [0.2, 0.25) is 0 Å². The van der Waals surface area contributed by atoms with E-state index >= 15 is 0 Å². The van der Waals surface area contributed by atoms with Gasteiger partial charge in [0.1, 0.15) is 5.83 Å². The first-order valence-corrected chi connectivity index (χ1v) is 3.35. The van der Waals surface area contributed by atoms with Crippen molar-refractivity contribution >= 4 is 12.6 Å². The predicted octanol–water partition coefficient (Wildman–Crippen LogP) is 3.08. The van der Waals surface area contributed by atoms with E-state index in [4.69, 9.17) is 0 Å². The summed E-state index contributed by atoms with van der Waals surface area (Å²) in [5, 5.41) is 0. The van der Waals surface area contributed by atoms with Gasteiger partial charge in [-0.1, -0.05) is 13.0 Å². The Balaban J connectivity index is 3.91. The van der Waals surface area contributed by atoms with E-state index in [9.17, 15) is 4.39 Å². The molecule has 52 valence electrons. The van der Waals surface area contributed by atoms with Crippen molar-refractivity contribution in [1.82, 2.24) is 0 Å². The minimum atomic E-state index is -0.250. The molecule has 0 nitrogen and oxygen atoms in total. The van der Waals surface area contributed by atoms with Crippen LogP contribution in [0.25, 0.3) is 0 Å². The Kier molecular flexibility index (Phi) is 4.50. The van der Waals surface area contributed by atoms with Crippen LogP contribution in [-0.4, -0.2) is 0 Å². The lowest BCUT2D eigenvalue weighted by Crippen LogP contribution is -1.67. The van der Waals surface area contributed by atoms with Gasteiger partial charge in [0.2, 0.25) is 0 Å². The van der Waals surface area contributed by atoms with E-state index in [1.165, 1.54) is 6.08 Å². The first-order valence-electron chi connectivity index (χ1n) is 2.90. The molecule has 0 bridgehead atoms. The molecular formula is C7H11FS. The molecule has 0 heterocycles. The summed E-state index contributed by atoms with van der Waals surface area (Å²) in [6, 6.07) is 0. The van der Waals surface area contributed by atoms with Gasteiger partial charge in [-0.05, 0) is 19.4 Å². The maximum Gasteiger partial charge on any atom is 0.131 e. The smallest absolute Gasteiger partial charge is 0.131 e. The van der Waals surface area contributed by atoms with Crippen molar-refractivity contribution in [3.05, 3.63) is 22.9 Å². The fraction of sp³-hybridized carbons (Fsp3) is 0.429. The second-order valence-electron chi connectivity index (χ2n) is 1.74. The van der Waals surface area contributed by atoms with Gasteiger partial charge in [-0.15, -0.1) is 12.6 Å². The monoisotopic (exact) mass is 146 g/mol. The molecule has 0 saturated heterocycles. The van der Waals surface area contributed by atoms with Crippen molar-refractivity contribution in [3.8, 4) is 0 Å². The maximum absolute atomic E-state index is 12.4. The highest BCUT2D eigenvalue weighted by Crippen LogP contribution is 2.10. The Bertz CT molecular complexity index is 132. The lowest BCUT2D eigenvalue weighted by atomic mass is 10.4. The highest BCUT2D eigenvalue weighted by atomic mass is 32.1. The Labute approximate surface area is 60.9 Å². The van der Waals surface area contributed by atoms with E-state index < -0.39 is 0 Å². The first kappa shape index (κ1) is 8.76. The predicted molar refractivity (Wildman–Crippen MR) is 42.2 cm³/mol. The van der Waals surface area contributed by atoms with Crippen LogP contribution in [0, 0.1) is 0 Å². The summed E-state index contributed by atoms with van der Waals surface area (Å²) in [5.74, 6) is -0.250. The number of allylic oxidation sites excluding steroid dienone is 4. The molecule has 0 aromatic carbocycles. The van der Waals surface area contributed by atoms with Crippen molar-refractivity contribution in [1.29, 1.82) is 0 Å². The summed E-state index contributed by atoms with van der Waals surface area (Å²) in [5.41, 5.74) is 0. The molecule has 0 aromatic rings. The van der Waals surface area contributed by atoms with Crippen molar-refractivity contribution < 1.29 is 4.39 Å². The standard InChI is InChI=1S/C7H11FS/c1-3-4-5-7(8)6(2)9/h4-5,9H,3H2,1-2H3/b5-4-,7-6-. The van der Waals surface area contributed by atoms with Gasteiger partial charge < -0.3 is 0 Å². The summed E-state index contributed by atoms with van der Waals surface area (Å²) in [4.78, 5) is 0.430. The van der Waals surface area contributed by atoms with Gasteiger partial charge in [0.05, 0.1) is 0 Å². The van der Waals surface area contributed by atoms with Crippen LogP contribution in [0.4, 0.5) is 4.39 Å². The molecule has 0 atom stereocenters. The number of hydrogen-bond acceptors (Lipinski definition) is 1. The van der Waals surface area contributed by atoms with Crippen LogP contribution in [-0.2, 0) is 0 Å². The van der Waals surface area contributed by atoms with E-state index in [-0.39, 0.29) is 5.83 Å². The molecule has 0 aliphatic carbocycles. The van der Waals surface area contributed by atoms with E-state index in [1.54, 1.807) is 13.0 Å². The minimum Gasteiger partial charge on any atom is -0.206 e. The summed E-state index contributed by atoms with van der Waals surface area (Å²) in [6.45, 7) is 3.58. The molecule has 0 unspecified atom stereocenters. The molecule has 9 heavy (non-hydrogen) atoms. The molecule has 2 heteroatoms. The largest absolute Gasteiger partial charge is 0.206 e. The van der Waals surface area contributed by atoms with E-state index in [0.29, 0.717) is 4.91 Å². The number of thiol groups is 1. The Morgan fingerprint density at radius 3 is 2.56 bits per heavy atom. The third-order valence-corrected chi connectivity index (χ3v) is 1.06. The Morgan fingerprint density at radius 1 is 1.67 bits per heavy atom. The number of halogens is 1. The number of rotatable bonds is 2. The van der Waals surface area contributed by atoms with Crippen LogP contribution in [0.5, 0.6) is 0 Å². The summed E-state index contributed by atoms with van der Waals surface area (Å²) in [6.07, 6.45) is 4.05. The van der Waals surface area contributed by atoms with Crippen LogP contribution in [0.3, 0.4) is 0 Å². The SMILES string of the molecule is CC/C=C\C(F)=C(/C)S. The Morgan fingerprint density at radius 2 is 2.22 bits per heavy atom. The lowest BCUT2D eigenvalue weighted by molar-refractivity contribution is 0.662. The molecule has 0 aliphatic heterocycles. The number of hydrogen-bond donors (Lipinski definition) is 1. The molecule has 0 radical (unpaired) electrons. The van der Waals surface area contributed by atoms with Crippen LogP contribution < -0.4 is 0 Å². The van der Waals surface area contributed by atoms with E-state index in [2.05, 4.69) is 12.6 Å². The molecule has 0 rings (SSSR count). The van der Waals surface area contributed by atoms with Crippen molar-refractivity contribution in [3.63, 3.8) is 0 Å². The molecular weight excluding hydrogens is 135 g/mol. The maximum atomic E-state index is 12.4. The third-order valence-electron chi connectivity index (χ3n) is 0.846. The minimum absolute atomic E-state index is 0.250. The second kappa shape index (κ2) is 4.62. The van der Waals surface area contributed by atoms with Crippen molar-refractivity contribution in [2.45, 2.75) is 20.3 Å². The average molecular weight is 146 g/mol. The van der Waals surface area contributed by atoms with Gasteiger partial charge in [-0.2, -0.15) is 0 Å².